The molecule has 1 aliphatic rings. The van der Waals surface area contributed by atoms with Gasteiger partial charge in [-0.15, -0.1) is 5.73 Å². The van der Waals surface area contributed by atoms with E-state index in [1.165, 1.54) is 0 Å². The lowest BCUT2D eigenvalue weighted by molar-refractivity contribution is 0.0696. The molecule has 0 aromatic carbocycles. The third kappa shape index (κ3) is 8.52. The molecule has 1 N–H and O–H groups in total. The standard InChI is InChI=1S/C28H30N6O/c35-28(23-34(20-26-12-4-8-16-31-26)21-27-13-5-9-17-32-27)22-33(19-25-11-3-7-15-30-25)18-24-10-2-1-6-14-29-24/h1-5,7-17,28,35H,18-23H2. The third-order valence-electron chi connectivity index (χ3n) is 5.44. The molecule has 0 saturated heterocycles. The molecule has 0 aliphatic carbocycles. The Labute approximate surface area is 206 Å². The summed E-state index contributed by atoms with van der Waals surface area (Å²) < 4.78 is 0. The van der Waals surface area contributed by atoms with Crippen molar-refractivity contribution in [1.29, 1.82) is 0 Å². The fourth-order valence-corrected chi connectivity index (χ4v) is 3.93. The van der Waals surface area contributed by atoms with Gasteiger partial charge in [-0.25, -0.2) is 0 Å². The van der Waals surface area contributed by atoms with Gasteiger partial charge in [-0.3, -0.25) is 29.7 Å². The summed E-state index contributed by atoms with van der Waals surface area (Å²) in [4.78, 5) is 22.3. The predicted molar refractivity (Wildman–Crippen MR) is 137 cm³/mol. The Kier molecular flexibility index (Phi) is 9.21. The smallest absolute Gasteiger partial charge is 0.0794 e. The van der Waals surface area contributed by atoms with Gasteiger partial charge in [0.1, 0.15) is 0 Å². The van der Waals surface area contributed by atoms with Crippen LogP contribution in [0.15, 0.2) is 108 Å². The molecule has 4 rings (SSSR count). The van der Waals surface area contributed by atoms with Crippen molar-refractivity contribution in [2.24, 2.45) is 4.99 Å². The molecular formula is C28H30N6O. The van der Waals surface area contributed by atoms with E-state index in [0.717, 1.165) is 22.8 Å². The zero-order chi connectivity index (χ0) is 24.1. The Morgan fingerprint density at radius 2 is 1.23 bits per heavy atom. The van der Waals surface area contributed by atoms with Crippen LogP contribution < -0.4 is 0 Å². The highest BCUT2D eigenvalue weighted by molar-refractivity contribution is 5.97. The van der Waals surface area contributed by atoms with Crippen LogP contribution in [0.4, 0.5) is 0 Å². The zero-order valence-corrected chi connectivity index (χ0v) is 19.7. The van der Waals surface area contributed by atoms with Gasteiger partial charge in [-0.2, -0.15) is 0 Å². The normalized spacial score (nSPS) is 13.7. The van der Waals surface area contributed by atoms with E-state index in [-0.39, 0.29) is 0 Å². The Morgan fingerprint density at radius 1 is 0.714 bits per heavy atom. The number of aliphatic hydroxyl groups excluding tert-OH is 1. The van der Waals surface area contributed by atoms with Crippen molar-refractivity contribution in [2.45, 2.75) is 25.7 Å². The minimum absolute atomic E-state index is 0.474. The molecule has 0 saturated carbocycles. The number of hydrogen-bond donors (Lipinski definition) is 1. The van der Waals surface area contributed by atoms with Gasteiger partial charge in [0.15, 0.2) is 0 Å². The van der Waals surface area contributed by atoms with E-state index in [9.17, 15) is 5.11 Å². The lowest BCUT2D eigenvalue weighted by atomic mass is 10.2. The van der Waals surface area contributed by atoms with Crippen molar-refractivity contribution in [3.05, 3.63) is 120 Å². The van der Waals surface area contributed by atoms with E-state index >= 15 is 0 Å². The minimum Gasteiger partial charge on any atom is -0.390 e. The van der Waals surface area contributed by atoms with Gasteiger partial charge in [-0.1, -0.05) is 24.3 Å². The van der Waals surface area contributed by atoms with Gasteiger partial charge < -0.3 is 5.11 Å². The Hall–Kier alpha value is -3.74. The first-order valence-corrected chi connectivity index (χ1v) is 11.7. The SMILES string of the molecule is OC(CN(CC1=NC=C=CC=C1)Cc1ccccn1)CN(Cc1ccccn1)Cc1ccccn1. The van der Waals surface area contributed by atoms with Crippen LogP contribution in [0.5, 0.6) is 0 Å². The minimum atomic E-state index is -0.588. The number of aromatic nitrogens is 3. The first-order valence-electron chi connectivity index (χ1n) is 11.7. The molecule has 3 aromatic heterocycles. The average molecular weight is 467 g/mol. The maximum Gasteiger partial charge on any atom is 0.0794 e. The monoisotopic (exact) mass is 466 g/mol. The van der Waals surface area contributed by atoms with Crippen LogP contribution in [0.25, 0.3) is 0 Å². The molecule has 35 heavy (non-hydrogen) atoms. The number of aliphatic hydroxyl groups is 1. The number of pyridine rings is 3. The van der Waals surface area contributed by atoms with Gasteiger partial charge in [0.05, 0.1) is 35.1 Å². The molecule has 178 valence electrons. The second-order valence-electron chi connectivity index (χ2n) is 8.40. The second kappa shape index (κ2) is 13.2. The summed E-state index contributed by atoms with van der Waals surface area (Å²) in [5, 5.41) is 11.2. The molecule has 0 spiro atoms. The summed E-state index contributed by atoms with van der Waals surface area (Å²) in [6.45, 7) is 3.41. The van der Waals surface area contributed by atoms with Gasteiger partial charge in [-0.05, 0) is 48.6 Å². The summed E-state index contributed by atoms with van der Waals surface area (Å²) >= 11 is 0. The molecule has 3 aromatic rings. The van der Waals surface area contributed by atoms with Crippen molar-refractivity contribution >= 4 is 5.71 Å². The number of rotatable bonds is 12. The molecular weight excluding hydrogens is 436 g/mol. The van der Waals surface area contributed by atoms with Crippen molar-refractivity contribution in [1.82, 2.24) is 24.8 Å². The van der Waals surface area contributed by atoms with Crippen LogP contribution in [0, 0.1) is 0 Å². The summed E-state index contributed by atoms with van der Waals surface area (Å²) in [6.07, 6.45) is 12.2. The Morgan fingerprint density at radius 3 is 1.71 bits per heavy atom. The van der Waals surface area contributed by atoms with Crippen LogP contribution in [0.1, 0.15) is 17.1 Å². The van der Waals surface area contributed by atoms with Crippen molar-refractivity contribution in [3.8, 4) is 0 Å². The van der Waals surface area contributed by atoms with Crippen molar-refractivity contribution in [2.75, 3.05) is 19.6 Å². The van der Waals surface area contributed by atoms with Crippen LogP contribution >= 0.6 is 0 Å². The van der Waals surface area contributed by atoms with Crippen LogP contribution in [-0.4, -0.2) is 61.3 Å². The third-order valence-corrected chi connectivity index (χ3v) is 5.44. The molecule has 1 atom stereocenters. The van der Waals surface area contributed by atoms with Crippen molar-refractivity contribution in [3.63, 3.8) is 0 Å². The Bertz CT molecular complexity index is 1120. The summed E-state index contributed by atoms with van der Waals surface area (Å²) in [5.41, 5.74) is 6.76. The lowest BCUT2D eigenvalue weighted by Gasteiger charge is -2.29. The number of hydrogen-bond acceptors (Lipinski definition) is 7. The van der Waals surface area contributed by atoms with E-state index in [1.807, 2.05) is 72.8 Å². The average Bonchev–Trinajstić information content (AvgIpc) is 3.14. The fraction of sp³-hybridized carbons (Fsp3) is 0.250. The van der Waals surface area contributed by atoms with Gasteiger partial charge in [0, 0.05) is 57.9 Å². The molecule has 1 unspecified atom stereocenters. The quantitative estimate of drug-likeness (QED) is 0.412. The predicted octanol–water partition coefficient (Wildman–Crippen LogP) is 3.42. The van der Waals surface area contributed by atoms with E-state index in [0.29, 0.717) is 39.3 Å². The summed E-state index contributed by atoms with van der Waals surface area (Å²) in [7, 11) is 0. The zero-order valence-electron chi connectivity index (χ0n) is 19.7. The highest BCUT2D eigenvalue weighted by Gasteiger charge is 2.19. The van der Waals surface area contributed by atoms with Gasteiger partial charge >= 0.3 is 0 Å². The fourth-order valence-electron chi connectivity index (χ4n) is 3.93. The number of nitrogens with zero attached hydrogens (tertiary/aromatic N) is 6. The molecule has 7 nitrogen and oxygen atoms in total. The first kappa shape index (κ1) is 24.4. The van der Waals surface area contributed by atoms with Gasteiger partial charge in [0.25, 0.3) is 0 Å². The van der Waals surface area contributed by atoms with Crippen LogP contribution in [-0.2, 0) is 19.6 Å². The van der Waals surface area contributed by atoms with Crippen LogP contribution in [0.2, 0.25) is 0 Å². The first-order chi connectivity index (χ1) is 17.2. The van der Waals surface area contributed by atoms with Crippen molar-refractivity contribution < 1.29 is 5.11 Å². The maximum absolute atomic E-state index is 11.2. The van der Waals surface area contributed by atoms with Crippen LogP contribution in [0.3, 0.4) is 0 Å². The maximum atomic E-state index is 11.2. The molecule has 0 fully saturated rings. The van der Waals surface area contributed by atoms with E-state index in [1.54, 1.807) is 24.8 Å². The molecule has 0 radical (unpaired) electrons. The molecule has 7 heteroatoms. The highest BCUT2D eigenvalue weighted by Crippen LogP contribution is 2.10. The summed E-state index contributed by atoms with van der Waals surface area (Å²) in [6, 6.07) is 17.7. The molecule has 0 amide bonds. The molecule has 4 heterocycles. The number of allylic oxidation sites excluding steroid dienone is 2. The lowest BCUT2D eigenvalue weighted by Crippen LogP contribution is -2.41. The topological polar surface area (TPSA) is 77.7 Å². The van der Waals surface area contributed by atoms with E-state index in [2.05, 4.69) is 35.5 Å². The molecule has 1 aliphatic heterocycles. The molecule has 0 bridgehead atoms. The summed E-state index contributed by atoms with van der Waals surface area (Å²) in [5.74, 6) is 0. The van der Waals surface area contributed by atoms with E-state index in [4.69, 9.17) is 0 Å². The Balaban J connectivity index is 1.45. The largest absolute Gasteiger partial charge is 0.390 e. The second-order valence-corrected chi connectivity index (χ2v) is 8.40. The van der Waals surface area contributed by atoms with Gasteiger partial charge in [0.2, 0.25) is 0 Å². The highest BCUT2D eigenvalue weighted by atomic mass is 16.3. The van der Waals surface area contributed by atoms with E-state index < -0.39 is 6.10 Å². The number of aliphatic imine (C=N–C) groups is 1.